The summed E-state index contributed by atoms with van der Waals surface area (Å²) in [5, 5.41) is 4.26. The lowest BCUT2D eigenvalue weighted by Gasteiger charge is -2.12. The van der Waals surface area contributed by atoms with E-state index >= 15 is 0 Å². The molecule has 0 bridgehead atoms. The highest BCUT2D eigenvalue weighted by molar-refractivity contribution is 7.07. The lowest BCUT2D eigenvalue weighted by Crippen LogP contribution is -2.27. The number of hydrogen-bond acceptors (Lipinski definition) is 3. The van der Waals surface area contributed by atoms with E-state index in [1.807, 2.05) is 12.4 Å². The van der Waals surface area contributed by atoms with Crippen molar-refractivity contribution in [1.29, 1.82) is 0 Å². The molecule has 0 aliphatic heterocycles. The van der Waals surface area contributed by atoms with Crippen molar-refractivity contribution in [2.24, 2.45) is 5.73 Å². The third-order valence-electron chi connectivity index (χ3n) is 2.79. The van der Waals surface area contributed by atoms with Gasteiger partial charge in [0.25, 0.3) is 0 Å². The van der Waals surface area contributed by atoms with Gasteiger partial charge in [-0.1, -0.05) is 6.92 Å². The lowest BCUT2D eigenvalue weighted by molar-refractivity contribution is 0.582. The maximum Gasteiger partial charge on any atom is 0.110 e. The van der Waals surface area contributed by atoms with Crippen molar-refractivity contribution in [2.75, 3.05) is 0 Å². The molecule has 1 atom stereocenters. The number of rotatable bonds is 6. The number of thiophene rings is 1. The Kier molecular flexibility index (Phi) is 4.34. The summed E-state index contributed by atoms with van der Waals surface area (Å²) < 4.78 is 2.20. The molecule has 2 rings (SSSR count). The molecule has 0 aliphatic carbocycles. The number of hydrogen-bond donors (Lipinski definition) is 1. The topological polar surface area (TPSA) is 43.8 Å². The van der Waals surface area contributed by atoms with Crippen molar-refractivity contribution in [3.05, 3.63) is 40.6 Å². The van der Waals surface area contributed by atoms with Gasteiger partial charge in [0, 0.05) is 31.4 Å². The van der Waals surface area contributed by atoms with Crippen LogP contribution in [0.4, 0.5) is 0 Å². The molecule has 0 spiro atoms. The van der Waals surface area contributed by atoms with E-state index in [1.165, 1.54) is 5.56 Å². The Morgan fingerprint density at radius 1 is 1.47 bits per heavy atom. The second-order valence-electron chi connectivity index (χ2n) is 4.34. The predicted octanol–water partition coefficient (Wildman–Crippen LogP) is 2.47. The van der Waals surface area contributed by atoms with Crippen LogP contribution in [0.2, 0.25) is 0 Å². The van der Waals surface area contributed by atoms with Crippen molar-refractivity contribution >= 4 is 11.3 Å². The van der Waals surface area contributed by atoms with Gasteiger partial charge in [-0.05, 0) is 35.2 Å². The van der Waals surface area contributed by atoms with Gasteiger partial charge in [0.1, 0.15) is 5.82 Å². The van der Waals surface area contributed by atoms with Crippen molar-refractivity contribution in [3.8, 4) is 0 Å². The van der Waals surface area contributed by atoms with Crippen LogP contribution in [0.3, 0.4) is 0 Å². The van der Waals surface area contributed by atoms with Crippen LogP contribution in [0.5, 0.6) is 0 Å². The number of aryl methyl sites for hydroxylation is 1. The molecule has 0 amide bonds. The highest BCUT2D eigenvalue weighted by Gasteiger charge is 2.09. The lowest BCUT2D eigenvalue weighted by atomic mass is 10.1. The van der Waals surface area contributed by atoms with Gasteiger partial charge in [-0.2, -0.15) is 11.3 Å². The molecular formula is C13H19N3S. The third kappa shape index (κ3) is 3.41. The molecule has 1 unspecified atom stereocenters. The molecule has 2 aromatic heterocycles. The molecule has 2 heterocycles. The first-order valence-electron chi connectivity index (χ1n) is 6.06. The Labute approximate surface area is 106 Å². The SMILES string of the molecule is CCCn1ccnc1CC(N)Cc1ccsc1. The highest BCUT2D eigenvalue weighted by Crippen LogP contribution is 2.10. The molecule has 3 nitrogen and oxygen atoms in total. The van der Waals surface area contributed by atoms with Crippen molar-refractivity contribution in [2.45, 2.75) is 38.8 Å². The summed E-state index contributed by atoms with van der Waals surface area (Å²) >= 11 is 1.72. The molecule has 0 saturated carbocycles. The first-order chi connectivity index (χ1) is 8.29. The molecule has 17 heavy (non-hydrogen) atoms. The fourth-order valence-electron chi connectivity index (χ4n) is 1.99. The Balaban J connectivity index is 1.93. The fraction of sp³-hybridized carbons (Fsp3) is 0.462. The smallest absolute Gasteiger partial charge is 0.110 e. The van der Waals surface area contributed by atoms with Crippen molar-refractivity contribution < 1.29 is 0 Å². The summed E-state index contributed by atoms with van der Waals surface area (Å²) in [5.74, 6) is 1.11. The van der Waals surface area contributed by atoms with Crippen LogP contribution < -0.4 is 5.73 Å². The first kappa shape index (κ1) is 12.3. The molecule has 4 heteroatoms. The molecule has 0 fully saturated rings. The van der Waals surface area contributed by atoms with E-state index in [9.17, 15) is 0 Å². The van der Waals surface area contributed by atoms with Crippen molar-refractivity contribution in [3.63, 3.8) is 0 Å². The van der Waals surface area contributed by atoms with Gasteiger partial charge in [0.2, 0.25) is 0 Å². The zero-order chi connectivity index (χ0) is 12.1. The summed E-state index contributed by atoms with van der Waals surface area (Å²) in [6.45, 7) is 3.20. The second kappa shape index (κ2) is 5.98. The van der Waals surface area contributed by atoms with E-state index in [-0.39, 0.29) is 6.04 Å². The van der Waals surface area contributed by atoms with Gasteiger partial charge in [-0.25, -0.2) is 4.98 Å². The highest BCUT2D eigenvalue weighted by atomic mass is 32.1. The molecule has 2 N–H and O–H groups in total. The minimum atomic E-state index is 0.155. The van der Waals surface area contributed by atoms with E-state index in [4.69, 9.17) is 5.73 Å². The van der Waals surface area contributed by atoms with E-state index in [1.54, 1.807) is 11.3 Å². The monoisotopic (exact) mass is 249 g/mol. The average molecular weight is 249 g/mol. The summed E-state index contributed by atoms with van der Waals surface area (Å²) in [5.41, 5.74) is 7.50. The average Bonchev–Trinajstić information content (AvgIpc) is 2.92. The molecule has 0 radical (unpaired) electrons. The third-order valence-corrected chi connectivity index (χ3v) is 3.52. The van der Waals surface area contributed by atoms with Crippen LogP contribution >= 0.6 is 11.3 Å². The van der Waals surface area contributed by atoms with Gasteiger partial charge in [-0.3, -0.25) is 0 Å². The zero-order valence-electron chi connectivity index (χ0n) is 10.2. The first-order valence-corrected chi connectivity index (χ1v) is 7.00. The molecular weight excluding hydrogens is 230 g/mol. The Morgan fingerprint density at radius 3 is 3.06 bits per heavy atom. The normalized spacial score (nSPS) is 12.8. The van der Waals surface area contributed by atoms with Crippen LogP contribution in [-0.2, 0) is 19.4 Å². The van der Waals surface area contributed by atoms with Gasteiger partial charge >= 0.3 is 0 Å². The second-order valence-corrected chi connectivity index (χ2v) is 5.12. The zero-order valence-corrected chi connectivity index (χ0v) is 11.0. The van der Waals surface area contributed by atoms with Crippen LogP contribution in [0, 0.1) is 0 Å². The van der Waals surface area contributed by atoms with Gasteiger partial charge in [0.15, 0.2) is 0 Å². The van der Waals surface area contributed by atoms with Crippen LogP contribution in [-0.4, -0.2) is 15.6 Å². The molecule has 2 aromatic rings. The summed E-state index contributed by atoms with van der Waals surface area (Å²) in [6.07, 6.45) is 6.81. The van der Waals surface area contributed by atoms with E-state index in [0.717, 1.165) is 31.6 Å². The minimum absolute atomic E-state index is 0.155. The van der Waals surface area contributed by atoms with Crippen molar-refractivity contribution in [1.82, 2.24) is 9.55 Å². The van der Waals surface area contributed by atoms with E-state index in [0.29, 0.717) is 0 Å². The number of imidazole rings is 1. The molecule has 0 saturated heterocycles. The maximum atomic E-state index is 6.17. The maximum absolute atomic E-state index is 6.17. The molecule has 0 aromatic carbocycles. The van der Waals surface area contributed by atoms with E-state index < -0.39 is 0 Å². The van der Waals surface area contributed by atoms with Crippen LogP contribution in [0.15, 0.2) is 29.2 Å². The molecule has 92 valence electrons. The Morgan fingerprint density at radius 2 is 2.35 bits per heavy atom. The number of nitrogens with two attached hydrogens (primary N) is 1. The van der Waals surface area contributed by atoms with Gasteiger partial charge in [-0.15, -0.1) is 0 Å². The summed E-state index contributed by atoms with van der Waals surface area (Å²) in [6, 6.07) is 2.30. The Hall–Kier alpha value is -1.13. The number of nitrogens with zero attached hydrogens (tertiary/aromatic N) is 2. The Bertz CT molecular complexity index is 433. The van der Waals surface area contributed by atoms with Gasteiger partial charge < -0.3 is 10.3 Å². The molecule has 0 aliphatic rings. The quantitative estimate of drug-likeness (QED) is 0.854. The largest absolute Gasteiger partial charge is 0.335 e. The summed E-state index contributed by atoms with van der Waals surface area (Å²) in [7, 11) is 0. The van der Waals surface area contributed by atoms with E-state index in [2.05, 4.69) is 33.3 Å². The summed E-state index contributed by atoms with van der Waals surface area (Å²) in [4.78, 5) is 4.39. The minimum Gasteiger partial charge on any atom is -0.335 e. The number of aromatic nitrogens is 2. The fourth-order valence-corrected chi connectivity index (χ4v) is 2.67. The predicted molar refractivity (Wildman–Crippen MR) is 72.2 cm³/mol. The standard InChI is InChI=1S/C13H19N3S/c1-2-5-16-6-4-15-13(16)9-12(14)8-11-3-7-17-10-11/h3-4,6-7,10,12H,2,5,8-9,14H2,1H3. The van der Waals surface area contributed by atoms with Gasteiger partial charge in [0.05, 0.1) is 0 Å². The van der Waals surface area contributed by atoms with Crippen LogP contribution in [0.25, 0.3) is 0 Å². The van der Waals surface area contributed by atoms with Crippen LogP contribution in [0.1, 0.15) is 24.7 Å².